The van der Waals surface area contributed by atoms with Crippen LogP contribution in [0.2, 0.25) is 0 Å². The molecule has 100 valence electrons. The van der Waals surface area contributed by atoms with Gasteiger partial charge < -0.3 is 9.84 Å². The molecule has 0 atom stereocenters. The molecule has 3 nitrogen and oxygen atoms in total. The maximum atomic E-state index is 11.5. The topological polar surface area (TPSA) is 46.5 Å². The zero-order valence-electron chi connectivity index (χ0n) is 11.2. The lowest BCUT2D eigenvalue weighted by atomic mass is 10.0. The SMILES string of the molecule is C=C/C(=C\C=C/C)Cc1cc(C(=O)OC)ccc1O. The highest BCUT2D eigenvalue weighted by atomic mass is 16.5. The summed E-state index contributed by atoms with van der Waals surface area (Å²) in [6.07, 6.45) is 7.96. The first kappa shape index (κ1) is 14.8. The summed E-state index contributed by atoms with van der Waals surface area (Å²) in [5.41, 5.74) is 2.04. The van der Waals surface area contributed by atoms with Crippen molar-refractivity contribution in [2.45, 2.75) is 13.3 Å². The Bertz CT molecular complexity index is 525. The maximum absolute atomic E-state index is 11.5. The van der Waals surface area contributed by atoms with E-state index in [2.05, 4.69) is 11.3 Å². The summed E-state index contributed by atoms with van der Waals surface area (Å²) >= 11 is 0. The van der Waals surface area contributed by atoms with Crippen LogP contribution in [-0.2, 0) is 11.2 Å². The van der Waals surface area contributed by atoms with Crippen molar-refractivity contribution in [1.82, 2.24) is 0 Å². The van der Waals surface area contributed by atoms with Crippen molar-refractivity contribution in [2.24, 2.45) is 0 Å². The van der Waals surface area contributed by atoms with Gasteiger partial charge in [-0.3, -0.25) is 0 Å². The second-order valence-electron chi connectivity index (χ2n) is 3.98. The molecule has 1 aromatic rings. The second-order valence-corrected chi connectivity index (χ2v) is 3.98. The number of esters is 1. The quantitative estimate of drug-likeness (QED) is 0.650. The molecule has 0 aliphatic heterocycles. The normalized spacial score (nSPS) is 11.6. The third-order valence-corrected chi connectivity index (χ3v) is 2.66. The first-order valence-corrected chi connectivity index (χ1v) is 5.96. The van der Waals surface area contributed by atoms with Gasteiger partial charge in [0.05, 0.1) is 12.7 Å². The van der Waals surface area contributed by atoms with Gasteiger partial charge in [0.1, 0.15) is 5.75 Å². The van der Waals surface area contributed by atoms with Gasteiger partial charge in [0.15, 0.2) is 0 Å². The summed E-state index contributed by atoms with van der Waals surface area (Å²) in [5.74, 6) is -0.264. The minimum absolute atomic E-state index is 0.154. The van der Waals surface area contributed by atoms with E-state index in [1.807, 2.05) is 25.2 Å². The average molecular weight is 258 g/mol. The minimum atomic E-state index is -0.418. The Morgan fingerprint density at radius 1 is 1.47 bits per heavy atom. The molecule has 19 heavy (non-hydrogen) atoms. The molecule has 1 aromatic carbocycles. The van der Waals surface area contributed by atoms with Gasteiger partial charge in [-0.1, -0.05) is 30.9 Å². The number of hydrogen-bond acceptors (Lipinski definition) is 3. The van der Waals surface area contributed by atoms with E-state index < -0.39 is 5.97 Å². The Labute approximate surface area is 113 Å². The zero-order chi connectivity index (χ0) is 14.3. The monoisotopic (exact) mass is 258 g/mol. The van der Waals surface area contributed by atoms with Gasteiger partial charge in [-0.15, -0.1) is 0 Å². The molecule has 3 heteroatoms. The number of carbonyl (C=O) groups is 1. The number of phenolic OH excluding ortho intramolecular Hbond substituents is 1. The number of carbonyl (C=O) groups excluding carboxylic acids is 1. The summed E-state index contributed by atoms with van der Waals surface area (Å²) in [6.45, 7) is 5.66. The summed E-state index contributed by atoms with van der Waals surface area (Å²) in [7, 11) is 1.33. The van der Waals surface area contributed by atoms with Crippen molar-refractivity contribution in [2.75, 3.05) is 7.11 Å². The molecule has 0 unspecified atom stereocenters. The molecule has 0 aliphatic rings. The van der Waals surface area contributed by atoms with E-state index >= 15 is 0 Å². The second kappa shape index (κ2) is 7.21. The first-order valence-electron chi connectivity index (χ1n) is 5.96. The van der Waals surface area contributed by atoms with E-state index in [0.29, 0.717) is 17.5 Å². The van der Waals surface area contributed by atoms with Gasteiger partial charge in [-0.25, -0.2) is 4.79 Å². The van der Waals surface area contributed by atoms with Crippen molar-refractivity contribution in [3.8, 4) is 5.75 Å². The van der Waals surface area contributed by atoms with Gasteiger partial charge in [0, 0.05) is 6.42 Å². The minimum Gasteiger partial charge on any atom is -0.508 e. The lowest BCUT2D eigenvalue weighted by Crippen LogP contribution is -2.02. The van der Waals surface area contributed by atoms with Gasteiger partial charge in [0.25, 0.3) is 0 Å². The highest BCUT2D eigenvalue weighted by Crippen LogP contribution is 2.22. The number of benzene rings is 1. The summed E-state index contributed by atoms with van der Waals surface area (Å²) in [6, 6.07) is 4.67. The number of rotatable bonds is 5. The Kier molecular flexibility index (Phi) is 5.61. The molecule has 0 heterocycles. The molecule has 0 bridgehead atoms. The van der Waals surface area contributed by atoms with Crippen molar-refractivity contribution in [3.05, 3.63) is 65.8 Å². The van der Waals surface area contributed by atoms with E-state index in [-0.39, 0.29) is 5.75 Å². The van der Waals surface area contributed by atoms with Crippen LogP contribution in [0, 0.1) is 0 Å². The molecular formula is C16H18O3. The van der Waals surface area contributed by atoms with Crippen LogP contribution in [0.15, 0.2) is 54.7 Å². The fourth-order valence-electron chi connectivity index (χ4n) is 1.61. The Morgan fingerprint density at radius 3 is 2.79 bits per heavy atom. The van der Waals surface area contributed by atoms with E-state index in [1.165, 1.54) is 19.2 Å². The van der Waals surface area contributed by atoms with Crippen molar-refractivity contribution in [3.63, 3.8) is 0 Å². The molecule has 0 saturated carbocycles. The van der Waals surface area contributed by atoms with Crippen LogP contribution in [0.3, 0.4) is 0 Å². The molecule has 0 saturated heterocycles. The predicted molar refractivity (Wildman–Crippen MR) is 76.2 cm³/mol. The van der Waals surface area contributed by atoms with Gasteiger partial charge in [-0.05, 0) is 36.3 Å². The van der Waals surface area contributed by atoms with E-state index in [1.54, 1.807) is 12.1 Å². The van der Waals surface area contributed by atoms with E-state index in [9.17, 15) is 9.90 Å². The largest absolute Gasteiger partial charge is 0.508 e. The van der Waals surface area contributed by atoms with Crippen LogP contribution in [0.1, 0.15) is 22.8 Å². The van der Waals surface area contributed by atoms with Gasteiger partial charge >= 0.3 is 5.97 Å². The number of aromatic hydroxyl groups is 1. The van der Waals surface area contributed by atoms with Crippen molar-refractivity contribution >= 4 is 5.97 Å². The highest BCUT2D eigenvalue weighted by Gasteiger charge is 2.09. The molecule has 1 N–H and O–H groups in total. The van der Waals surface area contributed by atoms with Crippen LogP contribution in [-0.4, -0.2) is 18.2 Å². The molecule has 0 spiro atoms. The fraction of sp³-hybridized carbons (Fsp3) is 0.188. The molecule has 0 fully saturated rings. The number of hydrogen-bond donors (Lipinski definition) is 1. The van der Waals surface area contributed by atoms with Gasteiger partial charge in [0.2, 0.25) is 0 Å². The van der Waals surface area contributed by atoms with Crippen LogP contribution in [0.25, 0.3) is 0 Å². The predicted octanol–water partition coefficient (Wildman–Crippen LogP) is 3.41. The zero-order valence-corrected chi connectivity index (χ0v) is 11.2. The lowest BCUT2D eigenvalue weighted by Gasteiger charge is -2.07. The third kappa shape index (κ3) is 4.14. The smallest absolute Gasteiger partial charge is 0.337 e. The highest BCUT2D eigenvalue weighted by molar-refractivity contribution is 5.89. The Balaban J connectivity index is 3.05. The van der Waals surface area contributed by atoms with E-state index in [0.717, 1.165) is 5.57 Å². The molecule has 1 rings (SSSR count). The van der Waals surface area contributed by atoms with Gasteiger partial charge in [-0.2, -0.15) is 0 Å². The van der Waals surface area contributed by atoms with Crippen molar-refractivity contribution < 1.29 is 14.6 Å². The molecule has 0 amide bonds. The van der Waals surface area contributed by atoms with Crippen LogP contribution >= 0.6 is 0 Å². The summed E-state index contributed by atoms with van der Waals surface area (Å²) < 4.78 is 4.66. The van der Waals surface area contributed by atoms with Crippen molar-refractivity contribution in [1.29, 1.82) is 0 Å². The molecular weight excluding hydrogens is 240 g/mol. The summed E-state index contributed by atoms with van der Waals surface area (Å²) in [5, 5.41) is 9.83. The Hall–Kier alpha value is -2.29. The number of methoxy groups -OCH3 is 1. The van der Waals surface area contributed by atoms with Crippen LogP contribution < -0.4 is 0 Å². The molecule has 0 radical (unpaired) electrons. The fourth-order valence-corrected chi connectivity index (χ4v) is 1.61. The van der Waals surface area contributed by atoms with Crippen LogP contribution in [0.5, 0.6) is 5.75 Å². The first-order chi connectivity index (χ1) is 9.12. The van der Waals surface area contributed by atoms with E-state index in [4.69, 9.17) is 0 Å². The Morgan fingerprint density at radius 2 is 2.21 bits per heavy atom. The van der Waals surface area contributed by atoms with Crippen LogP contribution in [0.4, 0.5) is 0 Å². The lowest BCUT2D eigenvalue weighted by molar-refractivity contribution is 0.0600. The maximum Gasteiger partial charge on any atom is 0.337 e. The third-order valence-electron chi connectivity index (χ3n) is 2.66. The number of ether oxygens (including phenoxy) is 1. The molecule has 0 aromatic heterocycles. The molecule has 0 aliphatic carbocycles. The number of phenols is 1. The average Bonchev–Trinajstić information content (AvgIpc) is 2.44. The standard InChI is InChI=1S/C16H18O3/c1-4-6-7-12(5-2)10-14-11-13(16(18)19-3)8-9-15(14)17/h4-9,11,17H,2,10H2,1,3H3/b6-4-,12-7+. The number of allylic oxidation sites excluding steroid dienone is 5. The summed E-state index contributed by atoms with van der Waals surface area (Å²) in [4.78, 5) is 11.5.